The van der Waals surface area contributed by atoms with Crippen LogP contribution in [0.4, 0.5) is 5.69 Å². The lowest BCUT2D eigenvalue weighted by Crippen LogP contribution is -2.23. The summed E-state index contributed by atoms with van der Waals surface area (Å²) in [5, 5.41) is 2.93. The molecule has 30 heavy (non-hydrogen) atoms. The van der Waals surface area contributed by atoms with Gasteiger partial charge in [0.15, 0.2) is 0 Å². The van der Waals surface area contributed by atoms with Gasteiger partial charge in [0, 0.05) is 17.9 Å². The molecule has 5 nitrogen and oxygen atoms in total. The Kier molecular flexibility index (Phi) is 7.68. The number of anilines is 1. The zero-order chi connectivity index (χ0) is 21.4. The molecule has 0 aromatic heterocycles. The van der Waals surface area contributed by atoms with E-state index in [4.69, 9.17) is 0 Å². The quantitative estimate of drug-likeness (QED) is 0.482. The molecule has 0 radical (unpaired) electrons. The molecule has 1 amide bonds. The van der Waals surface area contributed by atoms with Crippen molar-refractivity contribution in [2.75, 3.05) is 11.6 Å². The third-order valence-corrected chi connectivity index (χ3v) is 6.78. The molecule has 3 aromatic carbocycles. The van der Waals surface area contributed by atoms with E-state index in [-0.39, 0.29) is 17.3 Å². The molecule has 0 bridgehead atoms. The number of sulfonamides is 1. The fourth-order valence-corrected chi connectivity index (χ4v) is 4.48. The van der Waals surface area contributed by atoms with Crippen molar-refractivity contribution in [3.05, 3.63) is 90.0 Å². The van der Waals surface area contributed by atoms with Crippen LogP contribution in [0.15, 0.2) is 88.7 Å². The summed E-state index contributed by atoms with van der Waals surface area (Å²) >= 11 is 1.58. The van der Waals surface area contributed by atoms with E-state index < -0.39 is 10.0 Å². The highest BCUT2D eigenvalue weighted by Gasteiger charge is 2.14. The van der Waals surface area contributed by atoms with Crippen LogP contribution < -0.4 is 10.0 Å². The Balaban J connectivity index is 1.54. The van der Waals surface area contributed by atoms with E-state index in [1.54, 1.807) is 36.0 Å². The van der Waals surface area contributed by atoms with E-state index in [9.17, 15) is 13.2 Å². The highest BCUT2D eigenvalue weighted by molar-refractivity contribution is 7.98. The Hall–Kier alpha value is -2.61. The predicted octanol–water partition coefficient (Wildman–Crippen LogP) is 4.46. The van der Waals surface area contributed by atoms with Crippen LogP contribution in [0.25, 0.3) is 0 Å². The maximum Gasteiger partial charge on any atom is 0.240 e. The summed E-state index contributed by atoms with van der Waals surface area (Å²) in [4.78, 5) is 13.5. The maximum absolute atomic E-state index is 12.5. The lowest BCUT2D eigenvalue weighted by atomic mass is 10.1. The second kappa shape index (κ2) is 10.4. The van der Waals surface area contributed by atoms with Gasteiger partial charge in [-0.2, -0.15) is 0 Å². The van der Waals surface area contributed by atoms with Crippen molar-refractivity contribution >= 4 is 33.4 Å². The second-order valence-corrected chi connectivity index (χ2v) is 9.32. The van der Waals surface area contributed by atoms with Gasteiger partial charge in [0.2, 0.25) is 15.9 Å². The van der Waals surface area contributed by atoms with Gasteiger partial charge in [0.25, 0.3) is 0 Å². The van der Waals surface area contributed by atoms with Gasteiger partial charge >= 0.3 is 0 Å². The van der Waals surface area contributed by atoms with Gasteiger partial charge in [-0.05, 0) is 48.1 Å². The molecular weight excluding hydrogens is 416 g/mol. The van der Waals surface area contributed by atoms with Crippen molar-refractivity contribution in [3.8, 4) is 0 Å². The topological polar surface area (TPSA) is 75.3 Å². The molecule has 2 N–H and O–H groups in total. The Morgan fingerprint density at radius 2 is 1.53 bits per heavy atom. The molecule has 0 unspecified atom stereocenters. The van der Waals surface area contributed by atoms with Crippen molar-refractivity contribution in [1.82, 2.24) is 4.72 Å². The Labute approximate surface area is 182 Å². The largest absolute Gasteiger partial charge is 0.325 e. The zero-order valence-electron chi connectivity index (χ0n) is 16.7. The Morgan fingerprint density at radius 1 is 0.867 bits per heavy atom. The monoisotopic (exact) mass is 440 g/mol. The Bertz CT molecular complexity index is 1080. The standard InChI is InChI=1S/C23H24N2O3S2/c1-29-22-10-6-5-9-21(22)25-23(26)16-13-18-11-14-20(15-12-18)30(27,28)24-17-19-7-3-2-4-8-19/h2-12,14-15,24H,13,16-17H2,1H3,(H,25,26). The summed E-state index contributed by atoms with van der Waals surface area (Å²) < 4.78 is 27.5. The SMILES string of the molecule is CSc1ccccc1NC(=O)CCc1ccc(S(=O)(=O)NCc2ccccc2)cc1. The molecule has 3 aromatic rings. The van der Waals surface area contributed by atoms with E-state index in [0.717, 1.165) is 21.7 Å². The van der Waals surface area contributed by atoms with E-state index in [1.165, 1.54) is 0 Å². The van der Waals surface area contributed by atoms with Gasteiger partial charge in [-0.25, -0.2) is 13.1 Å². The third kappa shape index (κ3) is 6.19. The number of carbonyl (C=O) groups is 1. The van der Waals surface area contributed by atoms with Gasteiger partial charge in [-0.3, -0.25) is 4.79 Å². The van der Waals surface area contributed by atoms with E-state index in [1.807, 2.05) is 60.9 Å². The maximum atomic E-state index is 12.5. The average molecular weight is 441 g/mol. The van der Waals surface area contributed by atoms with Gasteiger partial charge in [-0.1, -0.05) is 54.6 Å². The molecule has 0 spiro atoms. The molecule has 7 heteroatoms. The molecule has 0 atom stereocenters. The highest BCUT2D eigenvalue weighted by Crippen LogP contribution is 2.24. The van der Waals surface area contributed by atoms with E-state index >= 15 is 0 Å². The third-order valence-electron chi connectivity index (χ3n) is 4.56. The summed E-state index contributed by atoms with van der Waals surface area (Å²) in [5.41, 5.74) is 2.61. The minimum atomic E-state index is -3.59. The normalized spacial score (nSPS) is 11.2. The molecule has 0 aliphatic carbocycles. The molecule has 0 fully saturated rings. The molecule has 0 saturated carbocycles. The number of carbonyl (C=O) groups excluding carboxylic acids is 1. The van der Waals surface area contributed by atoms with E-state index in [2.05, 4.69) is 10.0 Å². The predicted molar refractivity (Wildman–Crippen MR) is 122 cm³/mol. The zero-order valence-corrected chi connectivity index (χ0v) is 18.3. The van der Waals surface area contributed by atoms with Gasteiger partial charge in [0.05, 0.1) is 10.6 Å². The lowest BCUT2D eigenvalue weighted by Gasteiger charge is -2.10. The van der Waals surface area contributed by atoms with Crippen LogP contribution in [0.1, 0.15) is 17.5 Å². The van der Waals surface area contributed by atoms with Crippen LogP contribution >= 0.6 is 11.8 Å². The summed E-state index contributed by atoms with van der Waals surface area (Å²) in [5.74, 6) is -0.0716. The highest BCUT2D eigenvalue weighted by atomic mass is 32.2. The number of hydrogen-bond acceptors (Lipinski definition) is 4. The number of para-hydroxylation sites is 1. The first-order valence-electron chi connectivity index (χ1n) is 9.53. The smallest absolute Gasteiger partial charge is 0.240 e. The van der Waals surface area contributed by atoms with Crippen molar-refractivity contribution in [1.29, 1.82) is 0 Å². The minimum Gasteiger partial charge on any atom is -0.325 e. The number of thioether (sulfide) groups is 1. The van der Waals surface area contributed by atoms with Crippen LogP contribution in [0.2, 0.25) is 0 Å². The van der Waals surface area contributed by atoms with Crippen LogP contribution in [0, 0.1) is 0 Å². The number of rotatable bonds is 9. The lowest BCUT2D eigenvalue weighted by molar-refractivity contribution is -0.116. The molecule has 0 aliphatic rings. The van der Waals surface area contributed by atoms with Crippen LogP contribution in [0.5, 0.6) is 0 Å². The summed E-state index contributed by atoms with van der Waals surface area (Å²) in [7, 11) is -3.59. The summed E-state index contributed by atoms with van der Waals surface area (Å²) in [6, 6.07) is 23.7. The van der Waals surface area contributed by atoms with Crippen molar-refractivity contribution < 1.29 is 13.2 Å². The molecule has 0 heterocycles. The minimum absolute atomic E-state index is 0.0716. The number of amides is 1. The van der Waals surface area contributed by atoms with Gasteiger partial charge < -0.3 is 5.32 Å². The molecule has 3 rings (SSSR count). The first kappa shape index (κ1) is 22.1. The van der Waals surface area contributed by atoms with E-state index in [0.29, 0.717) is 12.8 Å². The van der Waals surface area contributed by atoms with Gasteiger partial charge in [0.1, 0.15) is 0 Å². The number of nitrogens with one attached hydrogen (secondary N) is 2. The van der Waals surface area contributed by atoms with Crippen LogP contribution in [-0.2, 0) is 27.8 Å². The molecule has 156 valence electrons. The van der Waals surface area contributed by atoms with Gasteiger partial charge in [-0.15, -0.1) is 11.8 Å². The Morgan fingerprint density at radius 3 is 2.23 bits per heavy atom. The fraction of sp³-hybridized carbons (Fsp3) is 0.174. The average Bonchev–Trinajstić information content (AvgIpc) is 2.78. The number of aryl methyl sites for hydroxylation is 1. The first-order valence-corrected chi connectivity index (χ1v) is 12.2. The summed E-state index contributed by atoms with van der Waals surface area (Å²) in [6.07, 6.45) is 2.82. The number of benzene rings is 3. The molecular formula is C23H24N2O3S2. The number of hydrogen-bond donors (Lipinski definition) is 2. The first-order chi connectivity index (χ1) is 14.5. The van der Waals surface area contributed by atoms with Crippen molar-refractivity contribution in [2.24, 2.45) is 0 Å². The second-order valence-electron chi connectivity index (χ2n) is 6.70. The van der Waals surface area contributed by atoms with Crippen molar-refractivity contribution in [2.45, 2.75) is 29.2 Å². The molecule has 0 aliphatic heterocycles. The van der Waals surface area contributed by atoms with Crippen molar-refractivity contribution in [3.63, 3.8) is 0 Å². The molecule has 0 saturated heterocycles. The summed E-state index contributed by atoms with van der Waals surface area (Å²) in [6.45, 7) is 0.239. The fourth-order valence-electron chi connectivity index (χ4n) is 2.91. The van der Waals surface area contributed by atoms with Crippen LogP contribution in [-0.4, -0.2) is 20.6 Å². The van der Waals surface area contributed by atoms with Crippen LogP contribution in [0.3, 0.4) is 0 Å².